The monoisotopic (exact) mass is 261 g/mol. The first-order valence-corrected chi connectivity index (χ1v) is 5.35. The third-order valence-corrected chi connectivity index (χ3v) is 2.09. The number of hydrogen-bond acceptors (Lipinski definition) is 4. The Hall–Kier alpha value is -0.810. The van der Waals surface area contributed by atoms with Gasteiger partial charge < -0.3 is 19.9 Å². The maximum atomic E-state index is 5.50. The van der Waals surface area contributed by atoms with Gasteiger partial charge in [0.15, 0.2) is 0 Å². The van der Waals surface area contributed by atoms with Crippen LogP contribution in [-0.2, 0) is 16.0 Å². The highest BCUT2D eigenvalue weighted by molar-refractivity contribution is 5.85. The second kappa shape index (κ2) is 10.4. The zero-order valence-electron chi connectivity index (χ0n) is 10.1. The van der Waals surface area contributed by atoms with Crippen molar-refractivity contribution in [2.75, 3.05) is 33.5 Å². The van der Waals surface area contributed by atoms with Crippen molar-refractivity contribution in [3.05, 3.63) is 29.8 Å². The summed E-state index contributed by atoms with van der Waals surface area (Å²) in [5, 5.41) is 0. The van der Waals surface area contributed by atoms with Gasteiger partial charge in [0.25, 0.3) is 0 Å². The van der Waals surface area contributed by atoms with E-state index in [4.69, 9.17) is 19.9 Å². The number of benzene rings is 1. The predicted molar refractivity (Wildman–Crippen MR) is 69.8 cm³/mol. The van der Waals surface area contributed by atoms with Gasteiger partial charge in [0.05, 0.1) is 19.8 Å². The predicted octanol–water partition coefficient (Wildman–Crippen LogP) is 1.61. The first-order valence-electron chi connectivity index (χ1n) is 5.35. The second-order valence-corrected chi connectivity index (χ2v) is 3.30. The molecule has 0 aromatic heterocycles. The van der Waals surface area contributed by atoms with Gasteiger partial charge in [-0.2, -0.15) is 0 Å². The lowest BCUT2D eigenvalue weighted by Crippen LogP contribution is -2.10. The lowest BCUT2D eigenvalue weighted by molar-refractivity contribution is 0.0544. The molecule has 0 atom stereocenters. The number of hydrogen-bond donors (Lipinski definition) is 1. The highest BCUT2D eigenvalue weighted by atomic mass is 35.5. The van der Waals surface area contributed by atoms with Crippen molar-refractivity contribution in [3.8, 4) is 5.75 Å². The van der Waals surface area contributed by atoms with E-state index in [0.29, 0.717) is 33.0 Å². The van der Waals surface area contributed by atoms with Gasteiger partial charge in [0.2, 0.25) is 0 Å². The summed E-state index contributed by atoms with van der Waals surface area (Å²) in [6.07, 6.45) is 0. The summed E-state index contributed by atoms with van der Waals surface area (Å²) < 4.78 is 15.6. The van der Waals surface area contributed by atoms with Crippen LogP contribution in [0.4, 0.5) is 0 Å². The average molecular weight is 262 g/mol. The van der Waals surface area contributed by atoms with Gasteiger partial charge in [-0.1, -0.05) is 12.1 Å². The number of rotatable bonds is 8. The van der Waals surface area contributed by atoms with Crippen LogP contribution in [0.1, 0.15) is 5.56 Å². The Kier molecular flexibility index (Phi) is 9.86. The van der Waals surface area contributed by atoms with Crippen molar-refractivity contribution in [2.45, 2.75) is 6.54 Å². The molecule has 17 heavy (non-hydrogen) atoms. The number of methoxy groups -OCH3 is 1. The van der Waals surface area contributed by atoms with Crippen molar-refractivity contribution in [1.29, 1.82) is 0 Å². The van der Waals surface area contributed by atoms with Crippen molar-refractivity contribution >= 4 is 12.4 Å². The summed E-state index contributed by atoms with van der Waals surface area (Å²) in [5.41, 5.74) is 6.60. The quantitative estimate of drug-likeness (QED) is 0.723. The fraction of sp³-hybridized carbons (Fsp3) is 0.500. The molecule has 0 aliphatic rings. The van der Waals surface area contributed by atoms with Crippen LogP contribution in [0, 0.1) is 0 Å². The Bertz CT molecular complexity index is 280. The maximum Gasteiger partial charge on any atom is 0.119 e. The van der Waals surface area contributed by atoms with Crippen molar-refractivity contribution in [1.82, 2.24) is 0 Å². The van der Waals surface area contributed by atoms with Crippen molar-refractivity contribution in [3.63, 3.8) is 0 Å². The summed E-state index contributed by atoms with van der Waals surface area (Å²) >= 11 is 0. The number of ether oxygens (including phenoxy) is 3. The summed E-state index contributed by atoms with van der Waals surface area (Å²) in [6.45, 7) is 2.89. The SMILES string of the molecule is COCCOCCOc1ccc(CN)cc1.Cl. The van der Waals surface area contributed by atoms with E-state index in [-0.39, 0.29) is 12.4 Å². The van der Waals surface area contributed by atoms with E-state index in [0.717, 1.165) is 11.3 Å². The molecule has 0 spiro atoms. The van der Waals surface area contributed by atoms with Crippen LogP contribution in [0.2, 0.25) is 0 Å². The Morgan fingerprint density at radius 2 is 1.65 bits per heavy atom. The average Bonchev–Trinajstić information content (AvgIpc) is 2.34. The minimum absolute atomic E-state index is 0. The molecule has 98 valence electrons. The molecule has 0 saturated carbocycles. The smallest absolute Gasteiger partial charge is 0.119 e. The normalized spacial score (nSPS) is 9.76. The molecular weight excluding hydrogens is 242 g/mol. The van der Waals surface area contributed by atoms with Gasteiger partial charge in [-0.05, 0) is 17.7 Å². The first-order chi connectivity index (χ1) is 7.86. The summed E-state index contributed by atoms with van der Waals surface area (Å²) in [5.74, 6) is 0.840. The van der Waals surface area contributed by atoms with Gasteiger partial charge in [-0.3, -0.25) is 0 Å². The molecule has 0 saturated heterocycles. The highest BCUT2D eigenvalue weighted by Crippen LogP contribution is 2.11. The molecule has 0 radical (unpaired) electrons. The largest absolute Gasteiger partial charge is 0.491 e. The molecule has 2 N–H and O–H groups in total. The maximum absolute atomic E-state index is 5.50. The Morgan fingerprint density at radius 1 is 1.00 bits per heavy atom. The topological polar surface area (TPSA) is 53.7 Å². The van der Waals surface area contributed by atoms with Crippen LogP contribution in [0.25, 0.3) is 0 Å². The highest BCUT2D eigenvalue weighted by Gasteiger charge is 1.94. The zero-order valence-corrected chi connectivity index (χ0v) is 10.9. The second-order valence-electron chi connectivity index (χ2n) is 3.30. The van der Waals surface area contributed by atoms with E-state index in [2.05, 4.69) is 0 Å². The lowest BCUT2D eigenvalue weighted by Gasteiger charge is -2.07. The van der Waals surface area contributed by atoms with Gasteiger partial charge >= 0.3 is 0 Å². The van der Waals surface area contributed by atoms with Crippen LogP contribution < -0.4 is 10.5 Å². The van der Waals surface area contributed by atoms with Crippen molar-refractivity contribution < 1.29 is 14.2 Å². The third kappa shape index (κ3) is 7.18. The van der Waals surface area contributed by atoms with Gasteiger partial charge in [-0.15, -0.1) is 12.4 Å². The van der Waals surface area contributed by atoms with Gasteiger partial charge in [0, 0.05) is 13.7 Å². The Labute approximate surface area is 108 Å². The van der Waals surface area contributed by atoms with Crippen molar-refractivity contribution in [2.24, 2.45) is 5.73 Å². The first kappa shape index (κ1) is 16.2. The fourth-order valence-corrected chi connectivity index (χ4v) is 1.18. The molecule has 1 aromatic rings. The molecule has 1 aromatic carbocycles. The molecule has 1 rings (SSSR count). The fourth-order valence-electron chi connectivity index (χ4n) is 1.18. The summed E-state index contributed by atoms with van der Waals surface area (Å²) in [4.78, 5) is 0. The molecule has 5 heteroatoms. The molecule has 0 fully saturated rings. The molecular formula is C12H20ClNO3. The van der Waals surface area contributed by atoms with Gasteiger partial charge in [-0.25, -0.2) is 0 Å². The number of halogens is 1. The Balaban J connectivity index is 0.00000256. The van der Waals surface area contributed by atoms with Crippen LogP contribution in [0.15, 0.2) is 24.3 Å². The molecule has 0 bridgehead atoms. The minimum Gasteiger partial charge on any atom is -0.491 e. The molecule has 0 unspecified atom stereocenters. The van der Waals surface area contributed by atoms with Gasteiger partial charge in [0.1, 0.15) is 12.4 Å². The third-order valence-electron chi connectivity index (χ3n) is 2.09. The Morgan fingerprint density at radius 3 is 2.24 bits per heavy atom. The van der Waals surface area contributed by atoms with E-state index in [1.54, 1.807) is 7.11 Å². The standard InChI is InChI=1S/C12H19NO3.ClH/c1-14-6-7-15-8-9-16-12-4-2-11(10-13)3-5-12;/h2-5H,6-10,13H2,1H3;1H. The number of nitrogens with two attached hydrogens (primary N) is 1. The van der Waals surface area contributed by atoms with E-state index < -0.39 is 0 Å². The van der Waals surface area contributed by atoms with E-state index in [1.807, 2.05) is 24.3 Å². The molecule has 0 aliphatic carbocycles. The lowest BCUT2D eigenvalue weighted by atomic mass is 10.2. The van der Waals surface area contributed by atoms with Crippen LogP contribution in [-0.4, -0.2) is 33.5 Å². The van der Waals surface area contributed by atoms with E-state index in [9.17, 15) is 0 Å². The molecule has 0 amide bonds. The summed E-state index contributed by atoms with van der Waals surface area (Å²) in [6, 6.07) is 7.75. The van der Waals surface area contributed by atoms with Crippen LogP contribution in [0.3, 0.4) is 0 Å². The molecule has 0 heterocycles. The van der Waals surface area contributed by atoms with E-state index >= 15 is 0 Å². The zero-order chi connectivity index (χ0) is 11.6. The molecule has 4 nitrogen and oxygen atoms in total. The van der Waals surface area contributed by atoms with E-state index in [1.165, 1.54) is 0 Å². The van der Waals surface area contributed by atoms with Crippen LogP contribution in [0.5, 0.6) is 5.75 Å². The molecule has 0 aliphatic heterocycles. The minimum atomic E-state index is 0. The van der Waals surface area contributed by atoms with Crippen LogP contribution >= 0.6 is 12.4 Å². The summed E-state index contributed by atoms with van der Waals surface area (Å²) in [7, 11) is 1.65.